The van der Waals surface area contributed by atoms with Gasteiger partial charge in [-0.15, -0.1) is 0 Å². The van der Waals surface area contributed by atoms with Crippen LogP contribution in [0.1, 0.15) is 19.8 Å². The number of carbonyl (C=O) groups excluding carboxylic acids is 1. The third-order valence-electron chi connectivity index (χ3n) is 4.20. The molecule has 2 aromatic carbocycles. The summed E-state index contributed by atoms with van der Waals surface area (Å²) < 4.78 is 16.9. The van der Waals surface area contributed by atoms with Gasteiger partial charge in [0.15, 0.2) is 0 Å². The number of amides is 1. The average molecular weight is 370 g/mol. The van der Waals surface area contributed by atoms with Crippen LogP contribution in [0.15, 0.2) is 48.5 Å². The molecular weight excluding hydrogens is 344 g/mol. The Morgan fingerprint density at radius 2 is 2.07 bits per heavy atom. The smallest absolute Gasteiger partial charge is 0.243 e. The Morgan fingerprint density at radius 3 is 2.89 bits per heavy atom. The lowest BCUT2D eigenvalue weighted by Crippen LogP contribution is -2.22. The van der Waals surface area contributed by atoms with E-state index in [0.29, 0.717) is 18.9 Å². The van der Waals surface area contributed by atoms with Crippen molar-refractivity contribution in [1.82, 2.24) is 0 Å². The second kappa shape index (κ2) is 9.83. The SMILES string of the molecule is CCOc1cccc(NC(=O)CNc2ccccc2OCC2CCCO2)c1. The van der Waals surface area contributed by atoms with Crippen molar-refractivity contribution in [2.45, 2.75) is 25.9 Å². The summed E-state index contributed by atoms with van der Waals surface area (Å²) in [6.45, 7) is 3.97. The van der Waals surface area contributed by atoms with Crippen LogP contribution in [0.25, 0.3) is 0 Å². The van der Waals surface area contributed by atoms with Gasteiger partial charge < -0.3 is 24.8 Å². The van der Waals surface area contributed by atoms with Crippen LogP contribution >= 0.6 is 0 Å². The highest BCUT2D eigenvalue weighted by Crippen LogP contribution is 2.25. The molecule has 0 aromatic heterocycles. The third-order valence-corrected chi connectivity index (χ3v) is 4.20. The third kappa shape index (κ3) is 5.89. The molecule has 0 bridgehead atoms. The Morgan fingerprint density at radius 1 is 1.19 bits per heavy atom. The Kier molecular flexibility index (Phi) is 6.93. The van der Waals surface area contributed by atoms with Gasteiger partial charge >= 0.3 is 0 Å². The predicted octanol–water partition coefficient (Wildman–Crippen LogP) is 3.69. The number of ether oxygens (including phenoxy) is 3. The fraction of sp³-hybridized carbons (Fsp3) is 0.381. The average Bonchev–Trinajstić information content (AvgIpc) is 3.19. The second-order valence-electron chi connectivity index (χ2n) is 6.30. The molecule has 6 nitrogen and oxygen atoms in total. The van der Waals surface area contributed by atoms with Crippen LogP contribution in [0, 0.1) is 0 Å². The Labute approximate surface area is 159 Å². The summed E-state index contributed by atoms with van der Waals surface area (Å²) in [6.07, 6.45) is 2.26. The number of anilines is 2. The molecule has 1 amide bonds. The minimum Gasteiger partial charge on any atom is -0.494 e. The van der Waals surface area contributed by atoms with E-state index in [0.717, 1.165) is 36.6 Å². The highest BCUT2D eigenvalue weighted by molar-refractivity contribution is 5.94. The minimum absolute atomic E-state index is 0.138. The standard InChI is InChI=1S/C21H26N2O4/c1-2-25-17-8-5-7-16(13-17)23-21(24)14-22-19-10-3-4-11-20(19)27-15-18-9-6-12-26-18/h3-5,7-8,10-11,13,18,22H,2,6,9,12,14-15H2,1H3,(H,23,24). The van der Waals surface area contributed by atoms with E-state index in [2.05, 4.69) is 10.6 Å². The van der Waals surface area contributed by atoms with Crippen LogP contribution in [0.3, 0.4) is 0 Å². The highest BCUT2D eigenvalue weighted by atomic mass is 16.5. The molecule has 2 N–H and O–H groups in total. The van der Waals surface area contributed by atoms with Crippen LogP contribution in [0.4, 0.5) is 11.4 Å². The van der Waals surface area contributed by atoms with E-state index in [1.807, 2.05) is 49.4 Å². The molecule has 0 saturated carbocycles. The molecule has 27 heavy (non-hydrogen) atoms. The lowest BCUT2D eigenvalue weighted by molar-refractivity contribution is -0.114. The first kappa shape index (κ1) is 19.0. The molecule has 1 heterocycles. The molecule has 2 aromatic rings. The van der Waals surface area contributed by atoms with E-state index >= 15 is 0 Å². The summed E-state index contributed by atoms with van der Waals surface area (Å²) in [5.74, 6) is 1.31. The van der Waals surface area contributed by atoms with Crippen molar-refractivity contribution in [2.75, 3.05) is 37.0 Å². The molecule has 144 valence electrons. The fourth-order valence-corrected chi connectivity index (χ4v) is 2.91. The van der Waals surface area contributed by atoms with Crippen LogP contribution in [0.5, 0.6) is 11.5 Å². The number of nitrogens with one attached hydrogen (secondary N) is 2. The number of rotatable bonds is 9. The summed E-state index contributed by atoms with van der Waals surface area (Å²) in [6, 6.07) is 15.0. The van der Waals surface area contributed by atoms with E-state index in [1.54, 1.807) is 6.07 Å². The molecule has 1 fully saturated rings. The maximum atomic E-state index is 12.3. The van der Waals surface area contributed by atoms with Crippen molar-refractivity contribution >= 4 is 17.3 Å². The summed E-state index contributed by atoms with van der Waals surface area (Å²) in [5, 5.41) is 6.00. The molecule has 1 atom stereocenters. The van der Waals surface area contributed by atoms with Crippen LogP contribution in [0.2, 0.25) is 0 Å². The molecule has 0 aliphatic carbocycles. The van der Waals surface area contributed by atoms with Crippen molar-refractivity contribution in [3.8, 4) is 11.5 Å². The molecule has 1 aliphatic heterocycles. The van der Waals surface area contributed by atoms with Gasteiger partial charge in [0, 0.05) is 18.4 Å². The molecule has 0 radical (unpaired) electrons. The summed E-state index contributed by atoms with van der Waals surface area (Å²) in [4.78, 5) is 12.3. The van der Waals surface area contributed by atoms with E-state index in [9.17, 15) is 4.79 Å². The van der Waals surface area contributed by atoms with Crippen LogP contribution < -0.4 is 20.1 Å². The zero-order valence-electron chi connectivity index (χ0n) is 15.6. The van der Waals surface area contributed by atoms with Crippen LogP contribution in [-0.4, -0.2) is 38.4 Å². The van der Waals surface area contributed by atoms with Crippen LogP contribution in [-0.2, 0) is 9.53 Å². The van der Waals surface area contributed by atoms with Gasteiger partial charge in [-0.25, -0.2) is 0 Å². The summed E-state index contributed by atoms with van der Waals surface area (Å²) in [5.41, 5.74) is 1.49. The maximum Gasteiger partial charge on any atom is 0.243 e. The zero-order chi connectivity index (χ0) is 18.9. The highest BCUT2D eigenvalue weighted by Gasteiger charge is 2.16. The van der Waals surface area contributed by atoms with Gasteiger partial charge in [-0.05, 0) is 44.0 Å². The monoisotopic (exact) mass is 370 g/mol. The van der Waals surface area contributed by atoms with Crippen molar-refractivity contribution in [3.05, 3.63) is 48.5 Å². The normalized spacial score (nSPS) is 16.0. The Hall–Kier alpha value is -2.73. The molecule has 0 spiro atoms. The quantitative estimate of drug-likeness (QED) is 0.704. The summed E-state index contributed by atoms with van der Waals surface area (Å²) in [7, 11) is 0. The van der Waals surface area contributed by atoms with Crippen molar-refractivity contribution in [1.29, 1.82) is 0 Å². The molecule has 1 saturated heterocycles. The first-order valence-electron chi connectivity index (χ1n) is 9.34. The number of hydrogen-bond acceptors (Lipinski definition) is 5. The number of carbonyl (C=O) groups is 1. The van der Waals surface area contributed by atoms with Gasteiger partial charge in [0.1, 0.15) is 18.1 Å². The largest absolute Gasteiger partial charge is 0.494 e. The molecular formula is C21H26N2O4. The first-order chi connectivity index (χ1) is 13.2. The number of para-hydroxylation sites is 2. The fourth-order valence-electron chi connectivity index (χ4n) is 2.91. The van der Waals surface area contributed by atoms with Gasteiger partial charge in [-0.1, -0.05) is 18.2 Å². The molecule has 1 unspecified atom stereocenters. The van der Waals surface area contributed by atoms with Gasteiger partial charge in [0.25, 0.3) is 0 Å². The van der Waals surface area contributed by atoms with E-state index < -0.39 is 0 Å². The molecule has 6 heteroatoms. The topological polar surface area (TPSA) is 68.8 Å². The predicted molar refractivity (Wildman–Crippen MR) is 106 cm³/mol. The lowest BCUT2D eigenvalue weighted by atomic mass is 10.2. The van der Waals surface area contributed by atoms with Crippen molar-refractivity contribution < 1.29 is 19.0 Å². The van der Waals surface area contributed by atoms with Gasteiger partial charge in [-0.3, -0.25) is 4.79 Å². The van der Waals surface area contributed by atoms with E-state index in [4.69, 9.17) is 14.2 Å². The van der Waals surface area contributed by atoms with Gasteiger partial charge in [0.2, 0.25) is 5.91 Å². The Bertz CT molecular complexity index is 744. The zero-order valence-corrected chi connectivity index (χ0v) is 15.6. The number of benzene rings is 2. The van der Waals surface area contributed by atoms with Gasteiger partial charge in [-0.2, -0.15) is 0 Å². The molecule has 3 rings (SSSR count). The lowest BCUT2D eigenvalue weighted by Gasteiger charge is -2.15. The van der Waals surface area contributed by atoms with Gasteiger partial charge in [0.05, 0.1) is 24.9 Å². The second-order valence-corrected chi connectivity index (χ2v) is 6.30. The molecule has 1 aliphatic rings. The van der Waals surface area contributed by atoms with E-state index in [1.165, 1.54) is 0 Å². The first-order valence-corrected chi connectivity index (χ1v) is 9.34. The van der Waals surface area contributed by atoms with E-state index in [-0.39, 0.29) is 18.6 Å². The van der Waals surface area contributed by atoms with Crippen molar-refractivity contribution in [3.63, 3.8) is 0 Å². The minimum atomic E-state index is -0.141. The number of hydrogen-bond donors (Lipinski definition) is 2. The van der Waals surface area contributed by atoms with Crippen molar-refractivity contribution in [2.24, 2.45) is 0 Å². The Balaban J connectivity index is 1.51. The summed E-state index contributed by atoms with van der Waals surface area (Å²) >= 11 is 0. The maximum absolute atomic E-state index is 12.3.